The van der Waals surface area contributed by atoms with E-state index in [1.165, 1.54) is 11.6 Å². The number of rotatable bonds is 4. The number of benzene rings is 1. The zero-order chi connectivity index (χ0) is 17.1. The number of carbonyl (C=O) groups is 1. The molecule has 0 fully saturated rings. The van der Waals surface area contributed by atoms with Gasteiger partial charge in [0.25, 0.3) is 5.56 Å². The highest BCUT2D eigenvalue weighted by atomic mass is 35.5. The molecule has 7 heteroatoms. The highest BCUT2D eigenvalue weighted by molar-refractivity contribution is 6.32. The van der Waals surface area contributed by atoms with Crippen LogP contribution in [-0.4, -0.2) is 27.5 Å². The molecule has 1 aromatic carbocycles. The largest absolute Gasteiger partial charge is 0.498 e. The lowest BCUT2D eigenvalue weighted by Crippen LogP contribution is -2.39. The molecule has 0 atom stereocenters. The van der Waals surface area contributed by atoms with E-state index < -0.39 is 11.5 Å². The summed E-state index contributed by atoms with van der Waals surface area (Å²) in [5.41, 5.74) is 0.0377. The minimum atomic E-state index is -1.12. The summed E-state index contributed by atoms with van der Waals surface area (Å²) < 4.78 is 6.63. The van der Waals surface area contributed by atoms with Crippen LogP contribution in [0, 0.1) is 0 Å². The van der Waals surface area contributed by atoms with Crippen molar-refractivity contribution in [3.8, 4) is 5.69 Å². The van der Waals surface area contributed by atoms with Crippen LogP contribution in [0.3, 0.4) is 0 Å². The normalized spacial score (nSPS) is 13.6. The third kappa shape index (κ3) is 3.17. The van der Waals surface area contributed by atoms with Crippen molar-refractivity contribution in [3.05, 3.63) is 50.2 Å². The Labute approximate surface area is 137 Å². The lowest BCUT2D eigenvalue weighted by Gasteiger charge is -2.03. The average molecular weight is 337 g/mol. The molecule has 23 heavy (non-hydrogen) atoms. The van der Waals surface area contributed by atoms with Crippen molar-refractivity contribution in [2.75, 3.05) is 6.61 Å². The van der Waals surface area contributed by atoms with Gasteiger partial charge in [-0.1, -0.05) is 23.7 Å². The van der Waals surface area contributed by atoms with Crippen molar-refractivity contribution in [3.63, 3.8) is 0 Å². The van der Waals surface area contributed by atoms with Gasteiger partial charge in [0.05, 0.1) is 28.2 Å². The predicted molar refractivity (Wildman–Crippen MR) is 88.1 cm³/mol. The Morgan fingerprint density at radius 3 is 2.57 bits per heavy atom. The Balaban J connectivity index is 2.97. The number of H-pyrrole nitrogens is 1. The van der Waals surface area contributed by atoms with Crippen LogP contribution in [0.4, 0.5) is 0 Å². The van der Waals surface area contributed by atoms with Crippen LogP contribution >= 0.6 is 11.6 Å². The van der Waals surface area contributed by atoms with Gasteiger partial charge in [0.2, 0.25) is 0 Å². The van der Waals surface area contributed by atoms with Crippen molar-refractivity contribution >= 4 is 28.9 Å². The second-order valence-electron chi connectivity index (χ2n) is 4.87. The number of hydrogen-bond donors (Lipinski definition) is 2. The van der Waals surface area contributed by atoms with Crippen LogP contribution in [-0.2, 0) is 9.53 Å². The maximum Gasteiger partial charge on any atom is 0.333 e. The van der Waals surface area contributed by atoms with Gasteiger partial charge in [0, 0.05) is 0 Å². The zero-order valence-electron chi connectivity index (χ0n) is 13.0. The second-order valence-corrected chi connectivity index (χ2v) is 5.28. The van der Waals surface area contributed by atoms with Gasteiger partial charge in [-0.15, -0.1) is 0 Å². The molecule has 122 valence electrons. The van der Waals surface area contributed by atoms with Crippen molar-refractivity contribution in [1.82, 2.24) is 9.78 Å². The Bertz CT molecular complexity index is 924. The number of ether oxygens (including phenoxy) is 1. The molecule has 0 aliphatic rings. The number of para-hydroxylation sites is 1. The minimum absolute atomic E-state index is 0.0157. The summed E-state index contributed by atoms with van der Waals surface area (Å²) in [6, 6.07) is 6.80. The first-order valence-corrected chi connectivity index (χ1v) is 7.40. The zero-order valence-corrected chi connectivity index (χ0v) is 13.8. The second kappa shape index (κ2) is 6.75. The maximum atomic E-state index is 12.8. The molecule has 2 aromatic rings. The molecule has 0 aliphatic heterocycles. The van der Waals surface area contributed by atoms with E-state index >= 15 is 0 Å². The fourth-order valence-electron chi connectivity index (χ4n) is 2.23. The summed E-state index contributed by atoms with van der Waals surface area (Å²) in [5.74, 6) is -0.765. The molecular weight excluding hydrogens is 320 g/mol. The lowest BCUT2D eigenvalue weighted by molar-refractivity contribution is -0.130. The fraction of sp³-hybridized carbons (Fsp3) is 0.250. The van der Waals surface area contributed by atoms with E-state index in [0.29, 0.717) is 23.1 Å². The number of aromatic amines is 1. The summed E-state index contributed by atoms with van der Waals surface area (Å²) in [7, 11) is 0. The van der Waals surface area contributed by atoms with Crippen molar-refractivity contribution in [2.24, 2.45) is 0 Å². The quantitative estimate of drug-likeness (QED) is 0.879. The molecule has 0 saturated heterocycles. The molecule has 0 spiro atoms. The summed E-state index contributed by atoms with van der Waals surface area (Å²) in [5, 5.41) is 12.8. The van der Waals surface area contributed by atoms with Crippen molar-refractivity contribution in [1.29, 1.82) is 0 Å². The summed E-state index contributed by atoms with van der Waals surface area (Å²) in [6.45, 7) is 5.21. The molecule has 0 radical (unpaired) electrons. The molecule has 0 bridgehead atoms. The van der Waals surface area contributed by atoms with E-state index in [2.05, 4.69) is 5.10 Å². The smallest absolute Gasteiger partial charge is 0.333 e. The van der Waals surface area contributed by atoms with Gasteiger partial charge in [-0.05, 0) is 32.9 Å². The van der Waals surface area contributed by atoms with Gasteiger partial charge in [-0.2, -0.15) is 0 Å². The van der Waals surface area contributed by atoms with Crippen LogP contribution < -0.4 is 16.1 Å². The van der Waals surface area contributed by atoms with E-state index in [4.69, 9.17) is 16.3 Å². The van der Waals surface area contributed by atoms with Crippen LogP contribution in [0.5, 0.6) is 0 Å². The average Bonchev–Trinajstić information content (AvgIpc) is 2.84. The first kappa shape index (κ1) is 16.9. The van der Waals surface area contributed by atoms with Crippen LogP contribution in [0.15, 0.2) is 29.1 Å². The third-order valence-corrected chi connectivity index (χ3v) is 3.71. The first-order valence-electron chi connectivity index (χ1n) is 7.02. The van der Waals surface area contributed by atoms with E-state index in [0.717, 1.165) is 0 Å². The van der Waals surface area contributed by atoms with Crippen LogP contribution in [0.1, 0.15) is 20.8 Å². The SMILES string of the molecule is CCOC(C)=c1c(=C(C)C(=O)O)[nH]n(-c2ccccc2Cl)c1=O. The number of nitrogens with one attached hydrogen (secondary N) is 1. The van der Waals surface area contributed by atoms with E-state index in [1.54, 1.807) is 38.1 Å². The van der Waals surface area contributed by atoms with E-state index in [1.807, 2.05) is 0 Å². The highest BCUT2D eigenvalue weighted by Gasteiger charge is 2.14. The molecular formula is C16H17ClN2O4. The number of nitrogens with zero attached hydrogens (tertiary/aromatic N) is 1. The molecule has 1 aromatic heterocycles. The summed E-state index contributed by atoms with van der Waals surface area (Å²) in [6.07, 6.45) is 0. The molecule has 0 aliphatic carbocycles. The monoisotopic (exact) mass is 336 g/mol. The highest BCUT2D eigenvalue weighted by Crippen LogP contribution is 2.16. The molecule has 0 unspecified atom stereocenters. The molecule has 0 amide bonds. The molecule has 2 rings (SSSR count). The van der Waals surface area contributed by atoms with Gasteiger partial charge in [-0.25, -0.2) is 9.48 Å². The number of hydrogen-bond acceptors (Lipinski definition) is 3. The number of halogens is 1. The fourth-order valence-corrected chi connectivity index (χ4v) is 2.45. The Kier molecular flexibility index (Phi) is 4.95. The van der Waals surface area contributed by atoms with Crippen molar-refractivity contribution in [2.45, 2.75) is 20.8 Å². The van der Waals surface area contributed by atoms with Crippen LogP contribution in [0.2, 0.25) is 5.02 Å². The minimum Gasteiger partial charge on any atom is -0.498 e. The first-order chi connectivity index (χ1) is 10.9. The summed E-state index contributed by atoms with van der Waals surface area (Å²) in [4.78, 5) is 24.1. The van der Waals surface area contributed by atoms with Crippen molar-refractivity contribution < 1.29 is 14.6 Å². The number of aromatic nitrogens is 2. The van der Waals surface area contributed by atoms with Gasteiger partial charge in [0.1, 0.15) is 11.0 Å². The molecule has 6 nitrogen and oxygen atoms in total. The molecule has 1 heterocycles. The maximum absolute atomic E-state index is 12.8. The lowest BCUT2D eigenvalue weighted by atomic mass is 10.2. The topological polar surface area (TPSA) is 84.3 Å². The number of carboxylic acid groups (broad SMARTS) is 1. The van der Waals surface area contributed by atoms with Gasteiger partial charge in [-0.3, -0.25) is 9.89 Å². The van der Waals surface area contributed by atoms with Gasteiger partial charge < -0.3 is 9.84 Å². The van der Waals surface area contributed by atoms with E-state index in [9.17, 15) is 14.7 Å². The van der Waals surface area contributed by atoms with Crippen LogP contribution in [0.25, 0.3) is 17.0 Å². The number of carboxylic acids is 1. The van der Waals surface area contributed by atoms with Gasteiger partial charge in [0.15, 0.2) is 0 Å². The predicted octanol–water partition coefficient (Wildman–Crippen LogP) is 1.24. The Hall–Kier alpha value is -2.47. The molecule has 2 N–H and O–H groups in total. The van der Waals surface area contributed by atoms with E-state index in [-0.39, 0.29) is 16.1 Å². The standard InChI is InChI=1S/C16H17ClN2O4/c1-4-23-10(3)13-14(9(2)16(21)22)18-19(15(13)20)12-8-6-5-7-11(12)17/h5-8,18H,4H2,1-3H3,(H,21,22). The van der Waals surface area contributed by atoms with Gasteiger partial charge >= 0.3 is 5.97 Å². The third-order valence-electron chi connectivity index (χ3n) is 3.39. The Morgan fingerprint density at radius 1 is 1.35 bits per heavy atom. The number of aliphatic carboxylic acids is 1. The molecule has 0 saturated carbocycles. The summed E-state index contributed by atoms with van der Waals surface area (Å²) >= 11 is 6.13. The Morgan fingerprint density at radius 2 is 2.00 bits per heavy atom.